The van der Waals surface area contributed by atoms with Crippen LogP contribution in [0.2, 0.25) is 0 Å². The maximum atomic E-state index is 12.8. The summed E-state index contributed by atoms with van der Waals surface area (Å²) in [6.07, 6.45) is 8.77. The molecule has 102 valence electrons. The fourth-order valence-electron chi connectivity index (χ4n) is 5.07. The second-order valence-electron chi connectivity index (χ2n) is 7.15. The van der Waals surface area contributed by atoms with E-state index in [9.17, 15) is 10.1 Å². The van der Waals surface area contributed by atoms with Crippen molar-refractivity contribution in [3.63, 3.8) is 0 Å². The predicted octanol–water partition coefficient (Wildman–Crippen LogP) is 2.74. The van der Waals surface area contributed by atoms with Crippen LogP contribution in [0.15, 0.2) is 11.8 Å². The molecule has 4 aliphatic rings. The zero-order valence-electron chi connectivity index (χ0n) is 11.9. The highest BCUT2D eigenvalue weighted by molar-refractivity contribution is 6.03. The van der Waals surface area contributed by atoms with E-state index < -0.39 is 0 Å². The molecule has 0 saturated heterocycles. The molecular formula is C16H22N2O. The number of hydrogen-bond donors (Lipinski definition) is 0. The van der Waals surface area contributed by atoms with Gasteiger partial charge in [-0.3, -0.25) is 4.79 Å². The van der Waals surface area contributed by atoms with E-state index in [0.29, 0.717) is 5.57 Å². The van der Waals surface area contributed by atoms with Gasteiger partial charge in [-0.15, -0.1) is 0 Å². The first kappa shape index (κ1) is 12.7. The Morgan fingerprint density at radius 1 is 1.16 bits per heavy atom. The Morgan fingerprint density at radius 3 is 2.00 bits per heavy atom. The average molecular weight is 258 g/mol. The lowest BCUT2D eigenvalue weighted by Crippen LogP contribution is -2.50. The predicted molar refractivity (Wildman–Crippen MR) is 73.0 cm³/mol. The molecule has 4 rings (SSSR count). The maximum Gasteiger partial charge on any atom is 0.181 e. The van der Waals surface area contributed by atoms with Crippen molar-refractivity contribution >= 4 is 5.78 Å². The first-order valence-electron chi connectivity index (χ1n) is 7.35. The van der Waals surface area contributed by atoms with Crippen molar-refractivity contribution in [2.24, 2.45) is 23.2 Å². The van der Waals surface area contributed by atoms with E-state index in [1.165, 1.54) is 19.3 Å². The third kappa shape index (κ3) is 2.08. The molecular weight excluding hydrogens is 236 g/mol. The van der Waals surface area contributed by atoms with Gasteiger partial charge in [0.25, 0.3) is 0 Å². The van der Waals surface area contributed by atoms with E-state index in [1.54, 1.807) is 11.1 Å². The molecule has 0 aromatic heterocycles. The lowest BCUT2D eigenvalue weighted by Gasteiger charge is -2.55. The summed E-state index contributed by atoms with van der Waals surface area (Å²) in [4.78, 5) is 14.6. The fourth-order valence-corrected chi connectivity index (χ4v) is 5.07. The molecule has 0 heterocycles. The standard InChI is InChI=1S/C16H22N2O/c1-18(2)10-14(9-17)15(19)16-6-11-3-12(7-16)5-13(4-11)8-16/h10-13H,3-8H2,1-2H3. The number of nitrogens with zero attached hydrogens (tertiary/aromatic N) is 2. The van der Waals surface area contributed by atoms with Gasteiger partial charge in [0.15, 0.2) is 5.78 Å². The van der Waals surface area contributed by atoms with Gasteiger partial charge >= 0.3 is 0 Å². The molecule has 0 aromatic carbocycles. The summed E-state index contributed by atoms with van der Waals surface area (Å²) in [6, 6.07) is 2.13. The first-order valence-corrected chi connectivity index (χ1v) is 7.35. The molecule has 0 atom stereocenters. The van der Waals surface area contributed by atoms with Crippen LogP contribution in [0.5, 0.6) is 0 Å². The second kappa shape index (κ2) is 4.37. The Balaban J connectivity index is 1.89. The Kier molecular flexibility index (Phi) is 2.92. The first-order chi connectivity index (χ1) is 9.02. The molecule has 3 nitrogen and oxygen atoms in total. The van der Waals surface area contributed by atoms with Gasteiger partial charge < -0.3 is 4.90 Å². The van der Waals surface area contributed by atoms with Gasteiger partial charge in [0, 0.05) is 25.7 Å². The van der Waals surface area contributed by atoms with Crippen LogP contribution < -0.4 is 0 Å². The SMILES string of the molecule is CN(C)C=C(C#N)C(=O)C12CC3CC(CC(C3)C1)C2. The normalized spacial score (nSPS) is 40.1. The van der Waals surface area contributed by atoms with E-state index >= 15 is 0 Å². The maximum absolute atomic E-state index is 12.8. The van der Waals surface area contributed by atoms with Crippen LogP contribution in [-0.2, 0) is 4.79 Å². The lowest BCUT2D eigenvalue weighted by atomic mass is 9.48. The van der Waals surface area contributed by atoms with Crippen LogP contribution in [0, 0.1) is 34.5 Å². The zero-order chi connectivity index (χ0) is 13.6. The van der Waals surface area contributed by atoms with Crippen molar-refractivity contribution in [3.8, 4) is 6.07 Å². The van der Waals surface area contributed by atoms with Crippen LogP contribution in [0.4, 0.5) is 0 Å². The second-order valence-corrected chi connectivity index (χ2v) is 7.15. The van der Waals surface area contributed by atoms with E-state index in [0.717, 1.165) is 37.0 Å². The summed E-state index contributed by atoms with van der Waals surface area (Å²) in [7, 11) is 3.73. The Labute approximate surface area is 115 Å². The molecule has 4 fully saturated rings. The molecule has 0 aliphatic heterocycles. The third-order valence-corrected chi connectivity index (χ3v) is 5.27. The van der Waals surface area contributed by atoms with E-state index in [2.05, 4.69) is 6.07 Å². The van der Waals surface area contributed by atoms with Crippen LogP contribution >= 0.6 is 0 Å². The zero-order valence-corrected chi connectivity index (χ0v) is 11.9. The van der Waals surface area contributed by atoms with Gasteiger partial charge in [0.2, 0.25) is 0 Å². The van der Waals surface area contributed by atoms with Crippen LogP contribution in [-0.4, -0.2) is 24.8 Å². The monoisotopic (exact) mass is 258 g/mol. The number of ketones is 1. The minimum Gasteiger partial charge on any atom is -0.382 e. The lowest BCUT2D eigenvalue weighted by molar-refractivity contribution is -0.139. The summed E-state index contributed by atoms with van der Waals surface area (Å²) in [5.41, 5.74) is 0.165. The van der Waals surface area contributed by atoms with Crippen LogP contribution in [0.25, 0.3) is 0 Å². The van der Waals surface area contributed by atoms with E-state index in [-0.39, 0.29) is 11.2 Å². The highest BCUT2D eigenvalue weighted by Crippen LogP contribution is 2.60. The Hall–Kier alpha value is -1.30. The van der Waals surface area contributed by atoms with Gasteiger partial charge in [-0.05, 0) is 56.3 Å². The Morgan fingerprint density at radius 2 is 1.63 bits per heavy atom. The molecule has 0 unspecified atom stereocenters. The van der Waals surface area contributed by atoms with Crippen LogP contribution in [0.3, 0.4) is 0 Å². The molecule has 0 aromatic rings. The number of rotatable bonds is 3. The highest BCUT2D eigenvalue weighted by atomic mass is 16.1. The summed E-state index contributed by atoms with van der Waals surface area (Å²) in [5.74, 6) is 2.36. The van der Waals surface area contributed by atoms with Crippen molar-refractivity contribution in [3.05, 3.63) is 11.8 Å². The smallest absolute Gasteiger partial charge is 0.181 e. The molecule has 0 N–H and O–H groups in total. The van der Waals surface area contributed by atoms with Crippen molar-refractivity contribution in [2.75, 3.05) is 14.1 Å². The number of nitriles is 1. The number of Topliss-reactive ketones (excluding diaryl/α,β-unsaturated/α-hetero) is 1. The van der Waals surface area contributed by atoms with Gasteiger partial charge in [0.1, 0.15) is 11.6 Å². The minimum atomic E-state index is -0.188. The highest BCUT2D eigenvalue weighted by Gasteiger charge is 2.54. The number of carbonyl (C=O) groups excluding carboxylic acids is 1. The molecule has 19 heavy (non-hydrogen) atoms. The molecule has 4 bridgehead atoms. The number of allylic oxidation sites excluding steroid dienone is 1. The third-order valence-electron chi connectivity index (χ3n) is 5.27. The minimum absolute atomic E-state index is 0.128. The topological polar surface area (TPSA) is 44.1 Å². The van der Waals surface area contributed by atoms with Crippen molar-refractivity contribution in [1.29, 1.82) is 5.26 Å². The van der Waals surface area contributed by atoms with Gasteiger partial charge in [0.05, 0.1) is 0 Å². The van der Waals surface area contributed by atoms with Gasteiger partial charge in [-0.1, -0.05) is 0 Å². The molecule has 4 aliphatic carbocycles. The Bertz CT molecular complexity index is 434. The van der Waals surface area contributed by atoms with Crippen molar-refractivity contribution in [1.82, 2.24) is 4.90 Å². The molecule has 0 spiro atoms. The van der Waals surface area contributed by atoms with E-state index in [4.69, 9.17) is 0 Å². The molecule has 0 amide bonds. The van der Waals surface area contributed by atoms with E-state index in [1.807, 2.05) is 14.1 Å². The molecule has 4 saturated carbocycles. The molecule has 0 radical (unpaired) electrons. The summed E-state index contributed by atoms with van der Waals surface area (Å²) in [5, 5.41) is 9.28. The molecule has 3 heteroatoms. The summed E-state index contributed by atoms with van der Waals surface area (Å²) < 4.78 is 0. The summed E-state index contributed by atoms with van der Waals surface area (Å²) >= 11 is 0. The van der Waals surface area contributed by atoms with Crippen molar-refractivity contribution < 1.29 is 4.79 Å². The van der Waals surface area contributed by atoms with Crippen LogP contribution in [0.1, 0.15) is 38.5 Å². The average Bonchev–Trinajstić information content (AvgIpc) is 2.33. The number of hydrogen-bond acceptors (Lipinski definition) is 3. The summed E-state index contributed by atoms with van der Waals surface area (Å²) in [6.45, 7) is 0. The van der Waals surface area contributed by atoms with Gasteiger partial charge in [-0.25, -0.2) is 0 Å². The quantitative estimate of drug-likeness (QED) is 0.577. The number of carbonyl (C=O) groups is 1. The van der Waals surface area contributed by atoms with Crippen molar-refractivity contribution in [2.45, 2.75) is 38.5 Å². The fraction of sp³-hybridized carbons (Fsp3) is 0.750. The van der Waals surface area contributed by atoms with Gasteiger partial charge in [-0.2, -0.15) is 5.26 Å². The largest absolute Gasteiger partial charge is 0.382 e.